The summed E-state index contributed by atoms with van der Waals surface area (Å²) < 4.78 is 13.3. The number of carbonyl (C=O) groups excluding carboxylic acids is 2. The molecule has 0 heterocycles. The van der Waals surface area contributed by atoms with E-state index < -0.39 is 6.04 Å². The van der Waals surface area contributed by atoms with Gasteiger partial charge in [-0.2, -0.15) is 0 Å². The Hall–Kier alpha value is -2.34. The predicted octanol–water partition coefficient (Wildman–Crippen LogP) is 4.64. The van der Waals surface area contributed by atoms with Crippen molar-refractivity contribution in [2.75, 3.05) is 12.3 Å². The Morgan fingerprint density at radius 2 is 1.76 bits per heavy atom. The van der Waals surface area contributed by atoms with Crippen molar-refractivity contribution in [3.8, 4) is 0 Å². The topological polar surface area (TPSA) is 49.4 Å². The Balaban J connectivity index is 2.09. The van der Waals surface area contributed by atoms with Crippen LogP contribution in [0.4, 0.5) is 4.39 Å². The third-order valence-electron chi connectivity index (χ3n) is 4.53. The molecule has 29 heavy (non-hydrogen) atoms. The molecule has 0 aliphatic rings. The van der Waals surface area contributed by atoms with E-state index in [4.69, 9.17) is 0 Å². The number of rotatable bonds is 11. The van der Waals surface area contributed by atoms with Gasteiger partial charge < -0.3 is 10.2 Å². The number of amides is 2. The average molecular weight is 417 g/mol. The van der Waals surface area contributed by atoms with Gasteiger partial charge in [0.05, 0.1) is 0 Å². The van der Waals surface area contributed by atoms with Gasteiger partial charge in [0.15, 0.2) is 0 Å². The van der Waals surface area contributed by atoms with Gasteiger partial charge in [0.1, 0.15) is 11.9 Å². The first-order chi connectivity index (χ1) is 14.0. The van der Waals surface area contributed by atoms with E-state index >= 15 is 0 Å². The minimum absolute atomic E-state index is 0.0729. The molecule has 0 unspecified atom stereocenters. The van der Waals surface area contributed by atoms with Crippen molar-refractivity contribution >= 4 is 23.6 Å². The monoisotopic (exact) mass is 416 g/mol. The first-order valence-electron chi connectivity index (χ1n) is 10.0. The molecule has 0 aliphatic carbocycles. The lowest BCUT2D eigenvalue weighted by atomic mass is 10.1. The van der Waals surface area contributed by atoms with Crippen LogP contribution in [0.15, 0.2) is 59.5 Å². The first-order valence-corrected chi connectivity index (χ1v) is 11.0. The Labute approximate surface area is 176 Å². The van der Waals surface area contributed by atoms with Crippen molar-refractivity contribution in [3.05, 3.63) is 66.0 Å². The summed E-state index contributed by atoms with van der Waals surface area (Å²) >= 11 is 1.62. The van der Waals surface area contributed by atoms with Crippen molar-refractivity contribution in [3.63, 3.8) is 0 Å². The quantitative estimate of drug-likeness (QED) is 0.543. The summed E-state index contributed by atoms with van der Waals surface area (Å²) in [7, 11) is 0. The molecule has 0 spiro atoms. The van der Waals surface area contributed by atoms with Gasteiger partial charge in [-0.15, -0.1) is 11.8 Å². The van der Waals surface area contributed by atoms with Gasteiger partial charge in [0.25, 0.3) is 0 Å². The van der Waals surface area contributed by atoms with Crippen molar-refractivity contribution in [1.29, 1.82) is 0 Å². The molecule has 0 saturated carbocycles. The molecule has 0 fully saturated rings. The number of hydrogen-bond donors (Lipinski definition) is 1. The summed E-state index contributed by atoms with van der Waals surface area (Å²) in [5.41, 5.74) is 0.803. The highest BCUT2D eigenvalue weighted by Crippen LogP contribution is 2.20. The third-order valence-corrected chi connectivity index (χ3v) is 5.54. The van der Waals surface area contributed by atoms with E-state index in [9.17, 15) is 14.0 Å². The summed E-state index contributed by atoms with van der Waals surface area (Å²) in [6.45, 7) is 4.76. The lowest BCUT2D eigenvalue weighted by Crippen LogP contribution is -2.49. The minimum atomic E-state index is -0.541. The summed E-state index contributed by atoms with van der Waals surface area (Å²) in [5.74, 6) is 0.103. The van der Waals surface area contributed by atoms with Crippen LogP contribution in [0.5, 0.6) is 0 Å². The van der Waals surface area contributed by atoms with E-state index in [1.807, 2.05) is 44.2 Å². The highest BCUT2D eigenvalue weighted by molar-refractivity contribution is 7.99. The zero-order valence-corrected chi connectivity index (χ0v) is 17.9. The molecule has 2 aromatic carbocycles. The lowest BCUT2D eigenvalue weighted by molar-refractivity contribution is -0.141. The van der Waals surface area contributed by atoms with Gasteiger partial charge in [-0.1, -0.05) is 44.2 Å². The second-order valence-corrected chi connectivity index (χ2v) is 7.94. The average Bonchev–Trinajstić information content (AvgIpc) is 2.74. The second-order valence-electron chi connectivity index (χ2n) is 6.77. The zero-order valence-electron chi connectivity index (χ0n) is 17.1. The lowest BCUT2D eigenvalue weighted by Gasteiger charge is -2.30. The van der Waals surface area contributed by atoms with Crippen molar-refractivity contribution in [1.82, 2.24) is 10.2 Å². The number of halogens is 1. The number of nitrogens with zero attached hydrogens (tertiary/aromatic N) is 1. The predicted molar refractivity (Wildman–Crippen MR) is 116 cm³/mol. The highest BCUT2D eigenvalue weighted by Gasteiger charge is 2.28. The number of thioether (sulfide) groups is 1. The van der Waals surface area contributed by atoms with Crippen LogP contribution in [0, 0.1) is 5.82 Å². The molecule has 1 N–H and O–H groups in total. The maximum atomic E-state index is 13.3. The van der Waals surface area contributed by atoms with Crippen LogP contribution in [0.2, 0.25) is 0 Å². The zero-order chi connectivity index (χ0) is 21.1. The summed E-state index contributed by atoms with van der Waals surface area (Å²) in [5, 5.41) is 2.90. The van der Waals surface area contributed by atoms with Crippen LogP contribution in [0.1, 0.15) is 38.7 Å². The van der Waals surface area contributed by atoms with Gasteiger partial charge in [0.2, 0.25) is 11.8 Å². The summed E-state index contributed by atoms with van der Waals surface area (Å²) in [6.07, 6.45) is 1.69. The molecule has 0 aromatic heterocycles. The Morgan fingerprint density at radius 3 is 2.38 bits per heavy atom. The Bertz CT molecular complexity index is 768. The fourth-order valence-corrected chi connectivity index (χ4v) is 3.85. The minimum Gasteiger partial charge on any atom is -0.354 e. The SMILES string of the molecule is CCCNC(=O)[C@@H](CC)N(Cc1ccc(F)cc1)C(=O)CCSc1ccccc1. The molecule has 4 nitrogen and oxygen atoms in total. The molecule has 6 heteroatoms. The van der Waals surface area contributed by atoms with Gasteiger partial charge in [-0.25, -0.2) is 4.39 Å². The second kappa shape index (κ2) is 12.3. The van der Waals surface area contributed by atoms with E-state index in [1.165, 1.54) is 12.1 Å². The van der Waals surface area contributed by atoms with Gasteiger partial charge in [-0.3, -0.25) is 9.59 Å². The molecule has 2 amide bonds. The molecule has 2 rings (SSSR count). The van der Waals surface area contributed by atoms with Crippen molar-refractivity contribution in [2.45, 2.75) is 50.6 Å². The number of nitrogens with one attached hydrogen (secondary N) is 1. The molecule has 0 aliphatic heterocycles. The van der Waals surface area contributed by atoms with Crippen LogP contribution in [0.3, 0.4) is 0 Å². The van der Waals surface area contributed by atoms with Crippen LogP contribution >= 0.6 is 11.8 Å². The van der Waals surface area contributed by atoms with Crippen LogP contribution in [0.25, 0.3) is 0 Å². The molecule has 2 aromatic rings. The van der Waals surface area contributed by atoms with Crippen molar-refractivity contribution in [2.24, 2.45) is 0 Å². The molecule has 156 valence electrons. The largest absolute Gasteiger partial charge is 0.354 e. The summed E-state index contributed by atoms with van der Waals surface area (Å²) in [6, 6.07) is 15.4. The number of carbonyl (C=O) groups is 2. The number of hydrogen-bond acceptors (Lipinski definition) is 3. The molecular weight excluding hydrogens is 387 g/mol. The van der Waals surface area contributed by atoms with Crippen LogP contribution in [-0.2, 0) is 16.1 Å². The number of benzene rings is 2. The van der Waals surface area contributed by atoms with Gasteiger partial charge >= 0.3 is 0 Å². The van der Waals surface area contributed by atoms with E-state index in [0.717, 1.165) is 16.9 Å². The van der Waals surface area contributed by atoms with E-state index in [2.05, 4.69) is 5.32 Å². The Morgan fingerprint density at radius 1 is 1.07 bits per heavy atom. The smallest absolute Gasteiger partial charge is 0.242 e. The summed E-state index contributed by atoms with van der Waals surface area (Å²) in [4.78, 5) is 28.4. The standard InChI is InChI=1S/C23H29FN2O2S/c1-3-15-25-23(28)21(4-2)26(17-18-10-12-19(24)13-11-18)22(27)14-16-29-20-8-6-5-7-9-20/h5-13,21H,3-4,14-17H2,1-2H3,(H,25,28)/t21-/m1/s1. The molecule has 0 bridgehead atoms. The fourth-order valence-electron chi connectivity index (χ4n) is 2.99. The maximum absolute atomic E-state index is 13.3. The molecular formula is C23H29FN2O2S. The fraction of sp³-hybridized carbons (Fsp3) is 0.391. The first kappa shape index (κ1) is 22.9. The van der Waals surface area contributed by atoms with Crippen LogP contribution in [-0.4, -0.2) is 35.1 Å². The Kier molecular flexibility index (Phi) is 9.71. The normalized spacial score (nSPS) is 11.7. The van der Waals surface area contributed by atoms with E-state index in [0.29, 0.717) is 25.1 Å². The van der Waals surface area contributed by atoms with Crippen molar-refractivity contribution < 1.29 is 14.0 Å². The maximum Gasteiger partial charge on any atom is 0.242 e. The van der Waals surface area contributed by atoms with Crippen LogP contribution < -0.4 is 5.32 Å². The highest BCUT2D eigenvalue weighted by atomic mass is 32.2. The molecule has 0 saturated heterocycles. The van der Waals surface area contributed by atoms with E-state index in [-0.39, 0.29) is 24.2 Å². The molecule has 1 atom stereocenters. The van der Waals surface area contributed by atoms with E-state index in [1.54, 1.807) is 28.8 Å². The van der Waals surface area contributed by atoms with Gasteiger partial charge in [-0.05, 0) is 42.7 Å². The molecule has 0 radical (unpaired) electrons. The van der Waals surface area contributed by atoms with Gasteiger partial charge in [0, 0.05) is 30.2 Å². The third kappa shape index (κ3) is 7.54.